The topological polar surface area (TPSA) is 58.4 Å². The molecule has 0 aromatic heterocycles. The highest BCUT2D eigenvalue weighted by Gasteiger charge is 2.31. The van der Waals surface area contributed by atoms with E-state index in [4.69, 9.17) is 5.73 Å². The molecule has 0 rings (SSSR count). The second-order valence-electron chi connectivity index (χ2n) is 4.22. The molecule has 0 bridgehead atoms. The molecule has 7 heteroatoms. The van der Waals surface area contributed by atoms with Crippen LogP contribution in [0.15, 0.2) is 0 Å². The number of nitrogens with zero attached hydrogens (tertiary/aromatic N) is 1. The van der Waals surface area contributed by atoms with Crippen LogP contribution < -0.4 is 11.1 Å². The van der Waals surface area contributed by atoms with Gasteiger partial charge in [-0.2, -0.15) is 13.2 Å². The number of halogens is 3. The Morgan fingerprint density at radius 2 is 1.94 bits per heavy atom. The summed E-state index contributed by atoms with van der Waals surface area (Å²) < 4.78 is 36.7. The number of likely N-dealkylation sites (N-methyl/N-ethyl adjacent to an activating group) is 1. The summed E-state index contributed by atoms with van der Waals surface area (Å²) >= 11 is 0. The number of carbonyl (C=O) groups is 1. The molecule has 0 spiro atoms. The van der Waals surface area contributed by atoms with Crippen molar-refractivity contribution >= 4 is 5.91 Å². The van der Waals surface area contributed by atoms with E-state index in [2.05, 4.69) is 5.32 Å². The third-order valence-corrected chi connectivity index (χ3v) is 2.17. The first kappa shape index (κ1) is 16.2. The van der Waals surface area contributed by atoms with Gasteiger partial charge in [-0.05, 0) is 6.54 Å². The molecule has 102 valence electrons. The van der Waals surface area contributed by atoms with Crippen LogP contribution in [0.4, 0.5) is 13.2 Å². The molecule has 1 unspecified atom stereocenters. The van der Waals surface area contributed by atoms with Crippen molar-refractivity contribution < 1.29 is 18.0 Å². The van der Waals surface area contributed by atoms with Crippen LogP contribution in [-0.4, -0.2) is 48.7 Å². The summed E-state index contributed by atoms with van der Waals surface area (Å²) in [6.07, 6.45) is -4.27. The van der Waals surface area contributed by atoms with Crippen molar-refractivity contribution in [2.45, 2.75) is 39.0 Å². The number of amides is 1. The molecule has 0 aliphatic carbocycles. The number of carbonyl (C=O) groups excluding carboxylic acids is 1. The normalized spacial score (nSPS) is 14.4. The maximum absolute atomic E-state index is 12.2. The van der Waals surface area contributed by atoms with Gasteiger partial charge < -0.3 is 11.1 Å². The van der Waals surface area contributed by atoms with Crippen molar-refractivity contribution in [3.63, 3.8) is 0 Å². The first-order valence-corrected chi connectivity index (χ1v) is 5.50. The first-order valence-electron chi connectivity index (χ1n) is 5.50. The van der Waals surface area contributed by atoms with Gasteiger partial charge in [-0.1, -0.05) is 20.8 Å². The lowest BCUT2D eigenvalue weighted by Crippen LogP contribution is -2.52. The molecule has 0 aliphatic rings. The molecule has 0 aromatic carbocycles. The summed E-state index contributed by atoms with van der Waals surface area (Å²) in [7, 11) is 0. The van der Waals surface area contributed by atoms with Crippen molar-refractivity contribution in [2.24, 2.45) is 5.73 Å². The molecule has 0 aliphatic heterocycles. The molecular formula is C10H20F3N3O. The Bertz CT molecular complexity index is 243. The van der Waals surface area contributed by atoms with E-state index in [0.717, 1.165) is 4.90 Å². The maximum Gasteiger partial charge on any atom is 0.401 e. The molecular weight excluding hydrogens is 235 g/mol. The van der Waals surface area contributed by atoms with Gasteiger partial charge in [-0.3, -0.25) is 9.69 Å². The van der Waals surface area contributed by atoms with Gasteiger partial charge in [0.15, 0.2) is 0 Å². The van der Waals surface area contributed by atoms with Gasteiger partial charge >= 0.3 is 6.18 Å². The fourth-order valence-corrected chi connectivity index (χ4v) is 1.44. The highest BCUT2D eigenvalue weighted by atomic mass is 19.4. The average molecular weight is 255 g/mol. The highest BCUT2D eigenvalue weighted by Crippen LogP contribution is 2.16. The molecule has 1 amide bonds. The standard InChI is InChI=1S/C10H20F3N3O/c1-4-16(6-10(11,12)13)5-8(9(14)17)15-7(2)3/h7-8,15H,4-6H2,1-3H3,(H2,14,17). The molecule has 4 nitrogen and oxygen atoms in total. The Hall–Kier alpha value is -0.820. The number of rotatable bonds is 7. The van der Waals surface area contributed by atoms with E-state index in [1.807, 2.05) is 0 Å². The molecule has 0 saturated carbocycles. The fraction of sp³-hybridized carbons (Fsp3) is 0.900. The zero-order valence-electron chi connectivity index (χ0n) is 10.3. The molecule has 3 N–H and O–H groups in total. The fourth-order valence-electron chi connectivity index (χ4n) is 1.44. The Labute approximate surface area is 99.3 Å². The maximum atomic E-state index is 12.2. The van der Waals surface area contributed by atoms with Gasteiger partial charge in [0.25, 0.3) is 0 Å². The van der Waals surface area contributed by atoms with Crippen LogP contribution in [0.1, 0.15) is 20.8 Å². The molecule has 1 atom stereocenters. The van der Waals surface area contributed by atoms with Crippen molar-refractivity contribution in [1.29, 1.82) is 0 Å². The van der Waals surface area contributed by atoms with Crippen LogP contribution in [0.3, 0.4) is 0 Å². The van der Waals surface area contributed by atoms with E-state index in [-0.39, 0.29) is 19.1 Å². The van der Waals surface area contributed by atoms with Crippen LogP contribution in [0.2, 0.25) is 0 Å². The van der Waals surface area contributed by atoms with Crippen molar-refractivity contribution in [2.75, 3.05) is 19.6 Å². The average Bonchev–Trinajstić information content (AvgIpc) is 2.12. The summed E-state index contributed by atoms with van der Waals surface area (Å²) in [5.74, 6) is -0.640. The zero-order chi connectivity index (χ0) is 13.6. The number of hydrogen-bond donors (Lipinski definition) is 2. The van der Waals surface area contributed by atoms with Gasteiger partial charge in [-0.15, -0.1) is 0 Å². The highest BCUT2D eigenvalue weighted by molar-refractivity contribution is 5.80. The summed E-state index contributed by atoms with van der Waals surface area (Å²) in [4.78, 5) is 12.2. The molecule has 0 aromatic rings. The van der Waals surface area contributed by atoms with Gasteiger partial charge in [0.2, 0.25) is 5.91 Å². The van der Waals surface area contributed by atoms with Crippen molar-refractivity contribution in [3.05, 3.63) is 0 Å². The number of hydrogen-bond acceptors (Lipinski definition) is 3. The minimum Gasteiger partial charge on any atom is -0.368 e. The van der Waals surface area contributed by atoms with Crippen LogP contribution in [0, 0.1) is 0 Å². The van der Waals surface area contributed by atoms with Crippen LogP contribution in [0.25, 0.3) is 0 Å². The number of alkyl halides is 3. The minimum absolute atomic E-state index is 0.0166. The third-order valence-electron chi connectivity index (χ3n) is 2.17. The second-order valence-corrected chi connectivity index (χ2v) is 4.22. The van der Waals surface area contributed by atoms with Gasteiger partial charge in [0.1, 0.15) is 0 Å². The summed E-state index contributed by atoms with van der Waals surface area (Å²) in [6.45, 7) is 4.35. The lowest BCUT2D eigenvalue weighted by atomic mass is 10.2. The minimum atomic E-state index is -4.27. The quantitative estimate of drug-likeness (QED) is 0.705. The van der Waals surface area contributed by atoms with E-state index < -0.39 is 24.7 Å². The number of primary amides is 1. The Morgan fingerprint density at radius 1 is 1.41 bits per heavy atom. The Morgan fingerprint density at radius 3 is 2.24 bits per heavy atom. The summed E-state index contributed by atoms with van der Waals surface area (Å²) in [6, 6.07) is -0.783. The molecule has 0 saturated heterocycles. The van der Waals surface area contributed by atoms with Crippen molar-refractivity contribution in [1.82, 2.24) is 10.2 Å². The summed E-state index contributed by atoms with van der Waals surface area (Å²) in [5, 5.41) is 2.85. The van der Waals surface area contributed by atoms with Gasteiger partial charge in [0, 0.05) is 12.6 Å². The molecule has 0 heterocycles. The molecule has 0 radical (unpaired) electrons. The Balaban J connectivity index is 4.44. The van der Waals surface area contributed by atoms with Crippen LogP contribution >= 0.6 is 0 Å². The van der Waals surface area contributed by atoms with Crippen molar-refractivity contribution in [3.8, 4) is 0 Å². The first-order chi connectivity index (χ1) is 7.65. The molecule has 0 fully saturated rings. The lowest BCUT2D eigenvalue weighted by molar-refractivity contribution is -0.147. The van der Waals surface area contributed by atoms with E-state index in [9.17, 15) is 18.0 Å². The Kier molecular flexibility index (Phi) is 6.48. The zero-order valence-corrected chi connectivity index (χ0v) is 10.3. The second kappa shape index (κ2) is 6.80. The lowest BCUT2D eigenvalue weighted by Gasteiger charge is -2.27. The molecule has 17 heavy (non-hydrogen) atoms. The van der Waals surface area contributed by atoms with E-state index in [1.165, 1.54) is 0 Å². The number of nitrogens with one attached hydrogen (secondary N) is 1. The third kappa shape index (κ3) is 7.98. The van der Waals surface area contributed by atoms with Crippen LogP contribution in [-0.2, 0) is 4.79 Å². The summed E-state index contributed by atoms with van der Waals surface area (Å²) in [5.41, 5.74) is 5.14. The van der Waals surface area contributed by atoms with E-state index in [1.54, 1.807) is 20.8 Å². The largest absolute Gasteiger partial charge is 0.401 e. The number of nitrogens with two attached hydrogens (primary N) is 1. The van der Waals surface area contributed by atoms with E-state index >= 15 is 0 Å². The van der Waals surface area contributed by atoms with Gasteiger partial charge in [-0.25, -0.2) is 0 Å². The van der Waals surface area contributed by atoms with Gasteiger partial charge in [0.05, 0.1) is 12.6 Å². The van der Waals surface area contributed by atoms with E-state index in [0.29, 0.717) is 0 Å². The predicted octanol–water partition coefficient (Wildman–Crippen LogP) is 0.722. The monoisotopic (exact) mass is 255 g/mol. The smallest absolute Gasteiger partial charge is 0.368 e. The van der Waals surface area contributed by atoms with Crippen LogP contribution in [0.5, 0.6) is 0 Å². The predicted molar refractivity (Wildman–Crippen MR) is 59.4 cm³/mol. The SMILES string of the molecule is CCN(CC(NC(C)C)C(N)=O)CC(F)(F)F.